The molecule has 0 unspecified atom stereocenters. The molecular weight excluding hydrogens is 598 g/mol. The first-order valence-corrected chi connectivity index (χ1v) is 16.7. The molecule has 6 rings (SSSR count). The summed E-state index contributed by atoms with van der Waals surface area (Å²) in [7, 11) is 4.11. The Morgan fingerprint density at radius 3 is 2.57 bits per heavy atom. The summed E-state index contributed by atoms with van der Waals surface area (Å²) in [5.74, 6) is 0.550. The average molecular weight is 642 g/mol. The molecule has 2 atom stereocenters. The van der Waals surface area contributed by atoms with Gasteiger partial charge in [-0.25, -0.2) is 4.79 Å². The number of fused-ring (bicyclic) bond motifs is 2. The summed E-state index contributed by atoms with van der Waals surface area (Å²) in [5, 5.41) is 4.90. The second-order valence-electron chi connectivity index (χ2n) is 13.1. The van der Waals surface area contributed by atoms with Crippen LogP contribution in [0.5, 0.6) is 0 Å². The molecule has 1 aromatic heterocycles. The Morgan fingerprint density at radius 2 is 1.78 bits per heavy atom. The average Bonchev–Trinajstić information content (AvgIpc) is 3.46. The van der Waals surface area contributed by atoms with Crippen molar-refractivity contribution in [2.45, 2.75) is 38.3 Å². The molecule has 9 heteroatoms. The predicted octanol–water partition coefficient (Wildman–Crippen LogP) is 6.14. The van der Waals surface area contributed by atoms with Crippen molar-refractivity contribution in [2.75, 3.05) is 51.8 Å². The summed E-state index contributed by atoms with van der Waals surface area (Å²) in [6.45, 7) is 3.97. The maximum absolute atomic E-state index is 14.6. The van der Waals surface area contributed by atoms with E-state index in [0.29, 0.717) is 50.2 Å². The molecule has 0 spiro atoms. The molecule has 0 bridgehead atoms. The molecule has 0 radical (unpaired) electrons. The second kappa shape index (κ2) is 14.7. The molecule has 0 saturated carbocycles. The third-order valence-corrected chi connectivity index (χ3v) is 9.47. The van der Waals surface area contributed by atoms with Crippen LogP contribution in [0.3, 0.4) is 0 Å². The molecule has 3 heterocycles. The van der Waals surface area contributed by atoms with Crippen LogP contribution in [0.15, 0.2) is 79.0 Å². The molecule has 8 nitrogen and oxygen atoms in total. The van der Waals surface area contributed by atoms with Gasteiger partial charge in [0, 0.05) is 67.0 Å². The molecule has 4 aromatic rings. The van der Waals surface area contributed by atoms with Crippen molar-refractivity contribution >= 4 is 40.1 Å². The Morgan fingerprint density at radius 1 is 1.02 bits per heavy atom. The Hall–Kier alpha value is -3.85. The van der Waals surface area contributed by atoms with Gasteiger partial charge < -0.3 is 29.7 Å². The van der Waals surface area contributed by atoms with Crippen molar-refractivity contribution < 1.29 is 14.3 Å². The molecule has 3 aromatic carbocycles. The van der Waals surface area contributed by atoms with E-state index in [9.17, 15) is 9.59 Å². The van der Waals surface area contributed by atoms with Crippen LogP contribution in [0.25, 0.3) is 10.9 Å². The van der Waals surface area contributed by atoms with Crippen LogP contribution in [0.4, 0.5) is 10.5 Å². The molecule has 1 saturated heterocycles. The minimum absolute atomic E-state index is 0.102. The van der Waals surface area contributed by atoms with E-state index in [-0.39, 0.29) is 17.9 Å². The van der Waals surface area contributed by atoms with Gasteiger partial charge >= 0.3 is 6.03 Å². The van der Waals surface area contributed by atoms with Crippen LogP contribution < -0.4 is 10.2 Å². The zero-order chi connectivity index (χ0) is 32.0. The standard InChI is InChI=1S/C37H44ClN5O3/c1-41(2)22-28-18-29-19-31(38)12-13-35(29)43(23-28)36(44)34(20-30-21-39-33-11-7-6-10-32(30)33)40-37(45)42-16-14-27(15-17-42)25-46-24-26-8-4-3-5-9-26/h3-13,19,21,27-28,34,39H,14-18,20,22-25H2,1-2H3,(H,40,45)/t28-,34-/m1/s1. The number of aromatic amines is 1. The normalized spacial score (nSPS) is 17.7. The van der Waals surface area contributed by atoms with E-state index in [1.165, 1.54) is 0 Å². The fourth-order valence-electron chi connectivity index (χ4n) is 6.93. The molecule has 2 N–H and O–H groups in total. The van der Waals surface area contributed by atoms with Crippen molar-refractivity contribution in [3.63, 3.8) is 0 Å². The van der Waals surface area contributed by atoms with Crippen LogP contribution in [0.1, 0.15) is 29.5 Å². The van der Waals surface area contributed by atoms with E-state index in [0.717, 1.165) is 59.1 Å². The Balaban J connectivity index is 1.17. The van der Waals surface area contributed by atoms with Crippen molar-refractivity contribution in [3.05, 3.63) is 101 Å². The number of rotatable bonds is 10. The highest BCUT2D eigenvalue weighted by atomic mass is 35.5. The number of amides is 3. The van der Waals surface area contributed by atoms with Gasteiger partial charge in [-0.2, -0.15) is 0 Å². The van der Waals surface area contributed by atoms with E-state index < -0.39 is 6.04 Å². The number of nitrogens with zero attached hydrogens (tertiary/aromatic N) is 3. The lowest BCUT2D eigenvalue weighted by molar-refractivity contribution is -0.120. The summed E-state index contributed by atoms with van der Waals surface area (Å²) in [5.41, 5.74) is 5.11. The number of anilines is 1. The zero-order valence-corrected chi connectivity index (χ0v) is 27.5. The number of halogens is 1. The zero-order valence-electron chi connectivity index (χ0n) is 26.8. The molecule has 46 heavy (non-hydrogen) atoms. The molecule has 2 aliphatic heterocycles. The number of H-pyrrole nitrogens is 1. The maximum atomic E-state index is 14.6. The van der Waals surface area contributed by atoms with E-state index in [1.54, 1.807) is 0 Å². The van der Waals surface area contributed by atoms with Gasteiger partial charge in [0.15, 0.2) is 0 Å². The first kappa shape index (κ1) is 32.1. The fraction of sp³-hybridized carbons (Fsp3) is 0.405. The highest BCUT2D eigenvalue weighted by Gasteiger charge is 2.35. The minimum Gasteiger partial charge on any atom is -0.376 e. The number of nitrogens with one attached hydrogen (secondary N) is 2. The van der Waals surface area contributed by atoms with Gasteiger partial charge in [-0.3, -0.25) is 4.79 Å². The molecule has 2 aliphatic rings. The van der Waals surface area contributed by atoms with Gasteiger partial charge in [0.2, 0.25) is 5.91 Å². The number of urea groups is 1. The van der Waals surface area contributed by atoms with Crippen LogP contribution in [-0.2, 0) is 29.0 Å². The van der Waals surface area contributed by atoms with Crippen LogP contribution in [0, 0.1) is 11.8 Å². The SMILES string of the molecule is CN(C)C[C@H]1Cc2cc(Cl)ccc2N(C(=O)[C@@H](Cc2c[nH]c3ccccc23)NC(=O)N2CCC(COCc3ccccc3)CC2)C1. The van der Waals surface area contributed by atoms with Crippen LogP contribution in [-0.4, -0.2) is 79.6 Å². The van der Waals surface area contributed by atoms with Gasteiger partial charge in [-0.1, -0.05) is 60.1 Å². The lowest BCUT2D eigenvalue weighted by Gasteiger charge is -2.38. The Bertz CT molecular complexity index is 1630. The number of likely N-dealkylation sites (tertiary alicyclic amines) is 1. The van der Waals surface area contributed by atoms with Gasteiger partial charge in [-0.05, 0) is 86.1 Å². The van der Waals surface area contributed by atoms with Crippen LogP contribution in [0.2, 0.25) is 5.02 Å². The number of ether oxygens (including phenoxy) is 1. The van der Waals surface area contributed by atoms with E-state index in [2.05, 4.69) is 47.5 Å². The van der Waals surface area contributed by atoms with Gasteiger partial charge in [0.1, 0.15) is 6.04 Å². The first-order chi connectivity index (χ1) is 22.3. The molecule has 0 aliphatic carbocycles. The van der Waals surface area contributed by atoms with Gasteiger partial charge in [0.25, 0.3) is 0 Å². The van der Waals surface area contributed by atoms with E-state index in [1.807, 2.05) is 70.6 Å². The van der Waals surface area contributed by atoms with Gasteiger partial charge in [0.05, 0.1) is 6.61 Å². The highest BCUT2D eigenvalue weighted by Crippen LogP contribution is 2.33. The first-order valence-electron chi connectivity index (χ1n) is 16.3. The number of hydrogen-bond acceptors (Lipinski definition) is 4. The molecule has 3 amide bonds. The third kappa shape index (κ3) is 7.74. The van der Waals surface area contributed by atoms with E-state index >= 15 is 0 Å². The molecule has 1 fully saturated rings. The maximum Gasteiger partial charge on any atom is 0.318 e. The lowest BCUT2D eigenvalue weighted by Crippen LogP contribution is -2.56. The Labute approximate surface area is 276 Å². The minimum atomic E-state index is -0.736. The topological polar surface area (TPSA) is 80.9 Å². The number of carbonyl (C=O) groups is 2. The molecule has 242 valence electrons. The lowest BCUT2D eigenvalue weighted by atomic mass is 9.91. The number of aromatic nitrogens is 1. The summed E-state index contributed by atoms with van der Waals surface area (Å²) in [6, 6.07) is 23.1. The van der Waals surface area contributed by atoms with Crippen molar-refractivity contribution in [3.8, 4) is 0 Å². The van der Waals surface area contributed by atoms with Crippen molar-refractivity contribution in [1.29, 1.82) is 0 Å². The number of hydrogen-bond donors (Lipinski definition) is 2. The number of benzene rings is 3. The quantitative estimate of drug-likeness (QED) is 0.218. The van der Waals surface area contributed by atoms with E-state index in [4.69, 9.17) is 16.3 Å². The highest BCUT2D eigenvalue weighted by molar-refractivity contribution is 6.30. The summed E-state index contributed by atoms with van der Waals surface area (Å²) < 4.78 is 6.00. The molecular formula is C37H44ClN5O3. The third-order valence-electron chi connectivity index (χ3n) is 9.23. The summed E-state index contributed by atoms with van der Waals surface area (Å²) in [4.78, 5) is 37.6. The predicted molar refractivity (Wildman–Crippen MR) is 184 cm³/mol. The van der Waals surface area contributed by atoms with Crippen molar-refractivity contribution in [1.82, 2.24) is 20.1 Å². The number of piperidine rings is 1. The largest absolute Gasteiger partial charge is 0.376 e. The second-order valence-corrected chi connectivity index (χ2v) is 13.5. The number of carbonyl (C=O) groups excluding carboxylic acids is 2. The summed E-state index contributed by atoms with van der Waals surface area (Å²) in [6.07, 6.45) is 4.93. The monoisotopic (exact) mass is 641 g/mol. The number of para-hydroxylation sites is 1. The Kier molecular flexibility index (Phi) is 10.3. The van der Waals surface area contributed by atoms with Crippen molar-refractivity contribution in [2.24, 2.45) is 11.8 Å². The van der Waals surface area contributed by atoms with Gasteiger partial charge in [-0.15, -0.1) is 0 Å². The van der Waals surface area contributed by atoms with Crippen LogP contribution >= 0.6 is 11.6 Å². The summed E-state index contributed by atoms with van der Waals surface area (Å²) >= 11 is 6.40. The fourth-order valence-corrected chi connectivity index (χ4v) is 7.12. The smallest absolute Gasteiger partial charge is 0.318 e.